The topological polar surface area (TPSA) is 12.0 Å². The van der Waals surface area contributed by atoms with Gasteiger partial charge in [-0.25, -0.2) is 4.39 Å². The maximum atomic E-state index is 13.6. The highest BCUT2D eigenvalue weighted by atomic mass is 79.9. The molecule has 1 rings (SSSR count). The van der Waals surface area contributed by atoms with E-state index in [1.807, 2.05) is 6.07 Å². The molecule has 0 heterocycles. The van der Waals surface area contributed by atoms with Crippen LogP contribution in [0.5, 0.6) is 0 Å². The third-order valence-corrected chi connectivity index (χ3v) is 3.24. The van der Waals surface area contributed by atoms with E-state index in [9.17, 15) is 4.39 Å². The van der Waals surface area contributed by atoms with Gasteiger partial charge in [-0.1, -0.05) is 29.8 Å². The molecule has 0 saturated carbocycles. The van der Waals surface area contributed by atoms with E-state index in [2.05, 4.69) is 42.0 Å². The zero-order chi connectivity index (χ0) is 12.1. The summed E-state index contributed by atoms with van der Waals surface area (Å²) in [5.41, 5.74) is 0.791. The summed E-state index contributed by atoms with van der Waals surface area (Å²) in [6, 6.07) is 5.55. The second kappa shape index (κ2) is 6.36. The van der Waals surface area contributed by atoms with Gasteiger partial charge in [-0.05, 0) is 49.6 Å². The molecule has 1 aromatic carbocycles. The molecule has 0 aliphatic rings. The Labute approximate surface area is 106 Å². The van der Waals surface area contributed by atoms with Crippen LogP contribution in [0.15, 0.2) is 22.7 Å². The maximum Gasteiger partial charge on any atom is 0.126 e. The van der Waals surface area contributed by atoms with Gasteiger partial charge in [0.1, 0.15) is 5.82 Å². The lowest BCUT2D eigenvalue weighted by atomic mass is 9.94. The van der Waals surface area contributed by atoms with Crippen molar-refractivity contribution >= 4 is 15.9 Å². The molecule has 0 fully saturated rings. The summed E-state index contributed by atoms with van der Waals surface area (Å²) in [5.74, 6) is 0.117. The quantitative estimate of drug-likeness (QED) is 0.861. The molecule has 16 heavy (non-hydrogen) atoms. The maximum absolute atomic E-state index is 13.6. The Bertz CT molecular complexity index is 341. The van der Waals surface area contributed by atoms with Crippen LogP contribution in [0.2, 0.25) is 0 Å². The number of hydrogen-bond acceptors (Lipinski definition) is 1. The predicted octanol–water partition coefficient (Wildman–Crippen LogP) is 4.08. The van der Waals surface area contributed by atoms with Crippen LogP contribution in [0.1, 0.15) is 38.7 Å². The summed E-state index contributed by atoms with van der Waals surface area (Å²) in [4.78, 5) is 0. The van der Waals surface area contributed by atoms with Crippen LogP contribution in [0.4, 0.5) is 4.39 Å². The zero-order valence-electron chi connectivity index (χ0n) is 10.1. The minimum absolute atomic E-state index is 0.112. The third-order valence-electron chi connectivity index (χ3n) is 2.75. The van der Waals surface area contributed by atoms with Crippen LogP contribution in [0.25, 0.3) is 0 Å². The summed E-state index contributed by atoms with van der Waals surface area (Å²) in [7, 11) is 0. The Kier molecular flexibility index (Phi) is 5.42. The monoisotopic (exact) mass is 287 g/mol. The average molecular weight is 288 g/mol. The molecule has 0 spiro atoms. The molecular weight excluding hydrogens is 269 g/mol. The fourth-order valence-corrected chi connectivity index (χ4v) is 2.36. The molecule has 90 valence electrons. The molecule has 0 aliphatic heterocycles. The summed E-state index contributed by atoms with van der Waals surface area (Å²) in [6.07, 6.45) is 0.946. The number of rotatable bonds is 5. The van der Waals surface area contributed by atoms with Gasteiger partial charge in [0.2, 0.25) is 0 Å². The molecule has 0 aliphatic carbocycles. The highest BCUT2D eigenvalue weighted by Gasteiger charge is 2.14. The normalized spacial score (nSPS) is 14.8. The van der Waals surface area contributed by atoms with E-state index < -0.39 is 0 Å². The molecule has 0 bridgehead atoms. The second-order valence-corrected chi connectivity index (χ2v) is 5.18. The largest absolute Gasteiger partial charge is 0.315 e. The van der Waals surface area contributed by atoms with Gasteiger partial charge in [-0.15, -0.1) is 0 Å². The Morgan fingerprint density at radius 3 is 2.69 bits per heavy atom. The highest BCUT2D eigenvalue weighted by molar-refractivity contribution is 9.10. The first kappa shape index (κ1) is 13.7. The third kappa shape index (κ3) is 3.87. The van der Waals surface area contributed by atoms with Gasteiger partial charge in [0.05, 0.1) is 0 Å². The van der Waals surface area contributed by atoms with Gasteiger partial charge >= 0.3 is 0 Å². The van der Waals surface area contributed by atoms with E-state index in [0.29, 0.717) is 6.04 Å². The fourth-order valence-electron chi connectivity index (χ4n) is 1.98. The molecule has 0 saturated heterocycles. The number of benzene rings is 1. The summed E-state index contributed by atoms with van der Waals surface area (Å²) in [5, 5.41) is 3.35. The van der Waals surface area contributed by atoms with E-state index in [1.165, 1.54) is 6.07 Å². The summed E-state index contributed by atoms with van der Waals surface area (Å²) < 4.78 is 14.6. The summed E-state index contributed by atoms with van der Waals surface area (Å²) >= 11 is 3.38. The number of nitrogens with one attached hydrogen (secondary N) is 1. The summed E-state index contributed by atoms with van der Waals surface area (Å²) in [6.45, 7) is 7.24. The molecular formula is C13H19BrFN. The van der Waals surface area contributed by atoms with Crippen molar-refractivity contribution in [2.45, 2.75) is 39.2 Å². The first-order chi connectivity index (χ1) is 7.54. The van der Waals surface area contributed by atoms with Crippen LogP contribution in [0.3, 0.4) is 0 Å². The lowest BCUT2D eigenvalue weighted by Crippen LogP contribution is -2.27. The van der Waals surface area contributed by atoms with E-state index in [-0.39, 0.29) is 11.7 Å². The van der Waals surface area contributed by atoms with Gasteiger partial charge in [0.15, 0.2) is 0 Å². The molecule has 1 aromatic rings. The van der Waals surface area contributed by atoms with Gasteiger partial charge in [0.25, 0.3) is 0 Å². The SMILES string of the molecule is CCNC(C)CC(C)c1cc(Br)ccc1F. The molecule has 1 nitrogen and oxygen atoms in total. The molecule has 0 aromatic heterocycles. The van der Waals surface area contributed by atoms with E-state index in [0.717, 1.165) is 23.0 Å². The van der Waals surface area contributed by atoms with Crippen molar-refractivity contribution in [3.63, 3.8) is 0 Å². The van der Waals surface area contributed by atoms with Crippen LogP contribution < -0.4 is 5.32 Å². The minimum Gasteiger partial charge on any atom is -0.315 e. The Balaban J connectivity index is 2.72. The van der Waals surface area contributed by atoms with E-state index >= 15 is 0 Å². The van der Waals surface area contributed by atoms with Gasteiger partial charge < -0.3 is 5.32 Å². The zero-order valence-corrected chi connectivity index (χ0v) is 11.6. The average Bonchev–Trinajstić information content (AvgIpc) is 2.21. The lowest BCUT2D eigenvalue weighted by molar-refractivity contribution is 0.478. The molecule has 3 heteroatoms. The molecule has 1 N–H and O–H groups in total. The Hall–Kier alpha value is -0.410. The van der Waals surface area contributed by atoms with Crippen molar-refractivity contribution in [3.8, 4) is 0 Å². The van der Waals surface area contributed by atoms with Crippen molar-refractivity contribution in [2.24, 2.45) is 0 Å². The fraction of sp³-hybridized carbons (Fsp3) is 0.538. The van der Waals surface area contributed by atoms with Crippen molar-refractivity contribution in [1.29, 1.82) is 0 Å². The van der Waals surface area contributed by atoms with Crippen LogP contribution >= 0.6 is 15.9 Å². The Morgan fingerprint density at radius 1 is 1.38 bits per heavy atom. The van der Waals surface area contributed by atoms with Crippen LogP contribution in [-0.2, 0) is 0 Å². The van der Waals surface area contributed by atoms with Gasteiger partial charge in [-0.3, -0.25) is 0 Å². The minimum atomic E-state index is -0.112. The van der Waals surface area contributed by atoms with E-state index in [4.69, 9.17) is 0 Å². The number of hydrogen-bond donors (Lipinski definition) is 1. The van der Waals surface area contributed by atoms with Crippen LogP contribution in [0, 0.1) is 5.82 Å². The lowest BCUT2D eigenvalue weighted by Gasteiger charge is -2.19. The van der Waals surface area contributed by atoms with Crippen molar-refractivity contribution in [2.75, 3.05) is 6.54 Å². The van der Waals surface area contributed by atoms with Gasteiger partial charge in [-0.2, -0.15) is 0 Å². The standard InChI is InChI=1S/C13H19BrFN/c1-4-16-10(3)7-9(2)12-8-11(14)5-6-13(12)15/h5-6,8-10,16H,4,7H2,1-3H3. The molecule has 0 radical (unpaired) electrons. The van der Waals surface area contributed by atoms with Gasteiger partial charge in [0, 0.05) is 10.5 Å². The van der Waals surface area contributed by atoms with Crippen molar-refractivity contribution in [1.82, 2.24) is 5.32 Å². The number of halogens is 2. The molecule has 2 unspecified atom stereocenters. The van der Waals surface area contributed by atoms with Crippen molar-refractivity contribution < 1.29 is 4.39 Å². The van der Waals surface area contributed by atoms with E-state index in [1.54, 1.807) is 6.07 Å². The Morgan fingerprint density at radius 2 is 2.06 bits per heavy atom. The first-order valence-corrected chi connectivity index (χ1v) is 6.52. The second-order valence-electron chi connectivity index (χ2n) is 4.26. The van der Waals surface area contributed by atoms with Crippen LogP contribution in [-0.4, -0.2) is 12.6 Å². The first-order valence-electron chi connectivity index (χ1n) is 5.73. The highest BCUT2D eigenvalue weighted by Crippen LogP contribution is 2.26. The molecule has 0 amide bonds. The smallest absolute Gasteiger partial charge is 0.126 e. The molecule has 2 atom stereocenters. The van der Waals surface area contributed by atoms with Crippen molar-refractivity contribution in [3.05, 3.63) is 34.1 Å². The predicted molar refractivity (Wildman–Crippen MR) is 70.3 cm³/mol.